The van der Waals surface area contributed by atoms with E-state index in [9.17, 15) is 0 Å². The van der Waals surface area contributed by atoms with E-state index in [1.807, 2.05) is 35.9 Å². The first-order valence-electron chi connectivity index (χ1n) is 6.02. The highest BCUT2D eigenvalue weighted by molar-refractivity contribution is 5.31. The molecule has 1 aromatic heterocycles. The van der Waals surface area contributed by atoms with Crippen molar-refractivity contribution in [1.29, 1.82) is 5.26 Å². The third-order valence-electron chi connectivity index (χ3n) is 3.07. The molecule has 0 fully saturated rings. The summed E-state index contributed by atoms with van der Waals surface area (Å²) in [5.74, 6) is 0. The van der Waals surface area contributed by atoms with Crippen molar-refractivity contribution in [2.24, 2.45) is 5.73 Å². The minimum absolute atomic E-state index is 0.00505. The molecule has 0 amide bonds. The van der Waals surface area contributed by atoms with Gasteiger partial charge in [0.2, 0.25) is 0 Å². The quantitative estimate of drug-likeness (QED) is 0.895. The number of aromatic nitrogens is 1. The lowest BCUT2D eigenvalue weighted by atomic mass is 9.99. The highest BCUT2D eigenvalue weighted by atomic mass is 15.0. The molecule has 0 aliphatic carbocycles. The summed E-state index contributed by atoms with van der Waals surface area (Å²) in [5, 5.41) is 9.13. The molecule has 0 bridgehead atoms. The van der Waals surface area contributed by atoms with Crippen molar-refractivity contribution in [1.82, 2.24) is 4.57 Å². The SMILES string of the molecule is Cc1cccc(C(C(C)N)n2cccc2C#N)c1. The Morgan fingerprint density at radius 2 is 2.06 bits per heavy atom. The topological polar surface area (TPSA) is 54.7 Å². The monoisotopic (exact) mass is 239 g/mol. The van der Waals surface area contributed by atoms with Crippen LogP contribution < -0.4 is 5.73 Å². The zero-order valence-electron chi connectivity index (χ0n) is 10.7. The maximum Gasteiger partial charge on any atom is 0.120 e. The van der Waals surface area contributed by atoms with Crippen LogP contribution in [0.2, 0.25) is 0 Å². The van der Waals surface area contributed by atoms with Gasteiger partial charge in [-0.05, 0) is 31.5 Å². The molecule has 0 saturated heterocycles. The summed E-state index contributed by atoms with van der Waals surface area (Å²) in [5.41, 5.74) is 9.08. The highest BCUT2D eigenvalue weighted by Crippen LogP contribution is 2.24. The second-order valence-electron chi connectivity index (χ2n) is 4.63. The number of nitriles is 1. The summed E-state index contributed by atoms with van der Waals surface area (Å²) in [6.45, 7) is 4.02. The number of rotatable bonds is 3. The van der Waals surface area contributed by atoms with Crippen molar-refractivity contribution in [2.45, 2.75) is 25.9 Å². The number of aryl methyl sites for hydroxylation is 1. The number of benzene rings is 1. The maximum atomic E-state index is 9.13. The normalized spacial score (nSPS) is 13.9. The van der Waals surface area contributed by atoms with Crippen LogP contribution in [0.4, 0.5) is 0 Å². The van der Waals surface area contributed by atoms with Crippen molar-refractivity contribution >= 4 is 0 Å². The van der Waals surface area contributed by atoms with E-state index in [1.165, 1.54) is 5.56 Å². The largest absolute Gasteiger partial charge is 0.330 e. The van der Waals surface area contributed by atoms with Gasteiger partial charge >= 0.3 is 0 Å². The number of nitrogens with two attached hydrogens (primary N) is 1. The highest BCUT2D eigenvalue weighted by Gasteiger charge is 2.19. The van der Waals surface area contributed by atoms with Gasteiger partial charge < -0.3 is 10.3 Å². The first kappa shape index (κ1) is 12.4. The lowest BCUT2D eigenvalue weighted by Gasteiger charge is -2.24. The molecule has 2 aromatic rings. The van der Waals surface area contributed by atoms with Crippen LogP contribution in [0.25, 0.3) is 0 Å². The number of nitrogens with zero attached hydrogens (tertiary/aromatic N) is 2. The van der Waals surface area contributed by atoms with Crippen LogP contribution in [0.1, 0.15) is 29.8 Å². The molecule has 0 aliphatic heterocycles. The van der Waals surface area contributed by atoms with Crippen LogP contribution in [0.15, 0.2) is 42.6 Å². The van der Waals surface area contributed by atoms with E-state index in [0.717, 1.165) is 5.56 Å². The van der Waals surface area contributed by atoms with Crippen LogP contribution >= 0.6 is 0 Å². The standard InChI is InChI=1S/C15H17N3/c1-11-5-3-6-13(9-11)15(12(2)17)18-8-4-7-14(18)10-16/h3-9,12,15H,17H2,1-2H3. The summed E-state index contributed by atoms with van der Waals surface area (Å²) in [7, 11) is 0. The van der Waals surface area contributed by atoms with Gasteiger partial charge in [-0.2, -0.15) is 5.26 Å². The third kappa shape index (κ3) is 2.29. The molecule has 2 unspecified atom stereocenters. The minimum atomic E-state index is -0.0636. The first-order chi connectivity index (χ1) is 8.63. The van der Waals surface area contributed by atoms with E-state index in [0.29, 0.717) is 5.69 Å². The van der Waals surface area contributed by atoms with Crippen LogP contribution in [-0.2, 0) is 0 Å². The van der Waals surface area contributed by atoms with Crippen LogP contribution in [-0.4, -0.2) is 10.6 Å². The first-order valence-corrected chi connectivity index (χ1v) is 6.02. The van der Waals surface area contributed by atoms with Crippen molar-refractivity contribution in [3.8, 4) is 6.07 Å². The Balaban J connectivity index is 2.51. The van der Waals surface area contributed by atoms with Gasteiger partial charge in [-0.3, -0.25) is 0 Å². The van der Waals surface area contributed by atoms with Gasteiger partial charge in [0.05, 0.1) is 6.04 Å². The summed E-state index contributed by atoms with van der Waals surface area (Å²) >= 11 is 0. The van der Waals surface area contributed by atoms with Gasteiger partial charge in [0.25, 0.3) is 0 Å². The summed E-state index contributed by atoms with van der Waals surface area (Å²) < 4.78 is 1.94. The lowest BCUT2D eigenvalue weighted by Crippen LogP contribution is -2.30. The lowest BCUT2D eigenvalue weighted by molar-refractivity contribution is 0.494. The van der Waals surface area contributed by atoms with Crippen LogP contribution in [0.3, 0.4) is 0 Å². The van der Waals surface area contributed by atoms with Crippen molar-refractivity contribution in [3.63, 3.8) is 0 Å². The van der Waals surface area contributed by atoms with E-state index < -0.39 is 0 Å². The van der Waals surface area contributed by atoms with Crippen LogP contribution in [0, 0.1) is 18.3 Å². The fourth-order valence-electron chi connectivity index (χ4n) is 2.30. The van der Waals surface area contributed by atoms with E-state index in [2.05, 4.69) is 31.2 Å². The number of hydrogen-bond acceptors (Lipinski definition) is 2. The molecule has 2 rings (SSSR count). The average molecular weight is 239 g/mol. The molecule has 1 heterocycles. The number of hydrogen-bond donors (Lipinski definition) is 1. The second kappa shape index (κ2) is 5.07. The van der Waals surface area contributed by atoms with Gasteiger partial charge in [-0.15, -0.1) is 0 Å². The molecule has 2 atom stereocenters. The molecular weight excluding hydrogens is 222 g/mol. The second-order valence-corrected chi connectivity index (χ2v) is 4.63. The van der Waals surface area contributed by atoms with E-state index in [-0.39, 0.29) is 12.1 Å². The molecule has 92 valence electrons. The molecule has 0 spiro atoms. The predicted octanol–water partition coefficient (Wildman–Crippen LogP) is 2.60. The van der Waals surface area contributed by atoms with Gasteiger partial charge in [-0.25, -0.2) is 0 Å². The van der Waals surface area contributed by atoms with Crippen LogP contribution in [0.5, 0.6) is 0 Å². The molecule has 3 nitrogen and oxygen atoms in total. The molecule has 0 radical (unpaired) electrons. The predicted molar refractivity (Wildman–Crippen MR) is 72.1 cm³/mol. The Hall–Kier alpha value is -2.05. The van der Waals surface area contributed by atoms with Crippen molar-refractivity contribution < 1.29 is 0 Å². The van der Waals surface area contributed by atoms with E-state index in [1.54, 1.807) is 0 Å². The van der Waals surface area contributed by atoms with E-state index >= 15 is 0 Å². The molecule has 1 aromatic carbocycles. The molecule has 3 heteroatoms. The van der Waals surface area contributed by atoms with Gasteiger partial charge in [-0.1, -0.05) is 29.8 Å². The fourth-order valence-corrected chi connectivity index (χ4v) is 2.30. The van der Waals surface area contributed by atoms with Crippen molar-refractivity contribution in [3.05, 3.63) is 59.4 Å². The smallest absolute Gasteiger partial charge is 0.120 e. The van der Waals surface area contributed by atoms with E-state index in [4.69, 9.17) is 11.0 Å². The molecular formula is C15H17N3. The van der Waals surface area contributed by atoms with Gasteiger partial charge in [0.15, 0.2) is 0 Å². The fraction of sp³-hybridized carbons (Fsp3) is 0.267. The van der Waals surface area contributed by atoms with Gasteiger partial charge in [0, 0.05) is 12.2 Å². The Morgan fingerprint density at radius 3 is 2.67 bits per heavy atom. The summed E-state index contributed by atoms with van der Waals surface area (Å²) in [6, 6.07) is 14.1. The summed E-state index contributed by atoms with van der Waals surface area (Å²) in [4.78, 5) is 0. The Labute approximate surface area is 107 Å². The molecule has 0 aliphatic rings. The van der Waals surface area contributed by atoms with Crippen molar-refractivity contribution in [2.75, 3.05) is 0 Å². The Bertz CT molecular complexity index is 575. The Kier molecular flexibility index (Phi) is 3.50. The molecule has 0 saturated carbocycles. The zero-order chi connectivity index (χ0) is 13.1. The summed E-state index contributed by atoms with van der Waals surface area (Å²) in [6.07, 6.45) is 1.91. The maximum absolute atomic E-state index is 9.13. The Morgan fingerprint density at radius 1 is 1.28 bits per heavy atom. The third-order valence-corrected chi connectivity index (χ3v) is 3.07. The zero-order valence-corrected chi connectivity index (χ0v) is 10.7. The molecule has 2 N–H and O–H groups in total. The van der Waals surface area contributed by atoms with Gasteiger partial charge in [0.1, 0.15) is 11.8 Å². The average Bonchev–Trinajstić information content (AvgIpc) is 2.77. The molecule has 18 heavy (non-hydrogen) atoms. The minimum Gasteiger partial charge on any atom is -0.330 e.